The first-order chi connectivity index (χ1) is 9.78. The lowest BCUT2D eigenvalue weighted by Crippen LogP contribution is -2.05. The summed E-state index contributed by atoms with van der Waals surface area (Å²) in [5, 5.41) is 5.93. The van der Waals surface area contributed by atoms with E-state index in [0.717, 1.165) is 22.3 Å². The second kappa shape index (κ2) is 5.72. The van der Waals surface area contributed by atoms with Crippen molar-refractivity contribution in [2.45, 2.75) is 13.3 Å². The van der Waals surface area contributed by atoms with E-state index in [1.165, 1.54) is 4.88 Å². The number of fused-ring (bicyclic) bond motifs is 1. The van der Waals surface area contributed by atoms with Crippen molar-refractivity contribution in [2.75, 3.05) is 19.0 Å². The van der Waals surface area contributed by atoms with Crippen LogP contribution in [0.2, 0.25) is 0 Å². The van der Waals surface area contributed by atoms with Gasteiger partial charge in [0.15, 0.2) is 0 Å². The highest BCUT2D eigenvalue weighted by Crippen LogP contribution is 2.28. The lowest BCUT2D eigenvalue weighted by Gasteiger charge is -2.07. The molecule has 3 rings (SSSR count). The van der Waals surface area contributed by atoms with Crippen LogP contribution in [-0.4, -0.2) is 28.6 Å². The second-order valence-electron chi connectivity index (χ2n) is 4.20. The summed E-state index contributed by atoms with van der Waals surface area (Å²) in [6, 6.07) is 1.99. The van der Waals surface area contributed by atoms with Gasteiger partial charge in [-0.25, -0.2) is 9.97 Å². The molecular formula is C13H14N4OS2. The standard InChI is InChI=1S/C13H14N4OS2/c1-8-10(20-7-15-8)3-5-18-11-9-4-6-19-12(9)17-13(14-2)16-11/h4,6-7H,3,5H2,1-2H3,(H,14,16,17). The van der Waals surface area contributed by atoms with Crippen LogP contribution in [0.5, 0.6) is 5.88 Å². The normalized spacial score (nSPS) is 10.9. The summed E-state index contributed by atoms with van der Waals surface area (Å²) >= 11 is 3.25. The predicted octanol–water partition coefficient (Wildman–Crippen LogP) is 3.12. The average Bonchev–Trinajstić information content (AvgIpc) is 3.07. The van der Waals surface area contributed by atoms with Crippen molar-refractivity contribution in [1.29, 1.82) is 0 Å². The number of ether oxygens (including phenoxy) is 1. The van der Waals surface area contributed by atoms with E-state index in [-0.39, 0.29) is 0 Å². The van der Waals surface area contributed by atoms with Gasteiger partial charge in [-0.3, -0.25) is 0 Å². The van der Waals surface area contributed by atoms with E-state index in [2.05, 4.69) is 20.3 Å². The van der Waals surface area contributed by atoms with Crippen LogP contribution in [0.15, 0.2) is 17.0 Å². The van der Waals surface area contributed by atoms with Gasteiger partial charge in [-0.05, 0) is 18.4 Å². The van der Waals surface area contributed by atoms with Crippen molar-refractivity contribution < 1.29 is 4.74 Å². The first-order valence-electron chi connectivity index (χ1n) is 6.22. The minimum atomic E-state index is 0.587. The number of hydrogen-bond acceptors (Lipinski definition) is 7. The summed E-state index contributed by atoms with van der Waals surface area (Å²) in [7, 11) is 1.80. The fourth-order valence-corrected chi connectivity index (χ4v) is 3.37. The van der Waals surface area contributed by atoms with Crippen LogP contribution < -0.4 is 10.1 Å². The molecule has 0 radical (unpaired) electrons. The monoisotopic (exact) mass is 306 g/mol. The molecule has 3 heterocycles. The van der Waals surface area contributed by atoms with Crippen molar-refractivity contribution >= 4 is 38.8 Å². The number of nitrogens with one attached hydrogen (secondary N) is 1. The Hall–Kier alpha value is -1.73. The summed E-state index contributed by atoms with van der Waals surface area (Å²) in [6.45, 7) is 2.61. The molecule has 7 heteroatoms. The van der Waals surface area contributed by atoms with Gasteiger partial charge in [0.2, 0.25) is 11.8 Å². The molecule has 20 heavy (non-hydrogen) atoms. The molecule has 3 aromatic rings. The molecule has 3 aromatic heterocycles. The predicted molar refractivity (Wildman–Crippen MR) is 83.0 cm³/mol. The molecular weight excluding hydrogens is 292 g/mol. The largest absolute Gasteiger partial charge is 0.477 e. The van der Waals surface area contributed by atoms with Crippen LogP contribution in [0.25, 0.3) is 10.2 Å². The van der Waals surface area contributed by atoms with Gasteiger partial charge >= 0.3 is 0 Å². The van der Waals surface area contributed by atoms with Gasteiger partial charge in [0.25, 0.3) is 0 Å². The van der Waals surface area contributed by atoms with Crippen molar-refractivity contribution in [3.05, 3.63) is 27.5 Å². The van der Waals surface area contributed by atoms with Gasteiger partial charge in [0, 0.05) is 18.3 Å². The molecule has 0 atom stereocenters. The van der Waals surface area contributed by atoms with E-state index >= 15 is 0 Å². The zero-order valence-electron chi connectivity index (χ0n) is 11.2. The van der Waals surface area contributed by atoms with Gasteiger partial charge in [-0.1, -0.05) is 0 Å². The van der Waals surface area contributed by atoms with Gasteiger partial charge in [-0.2, -0.15) is 4.98 Å². The number of thiazole rings is 1. The molecule has 0 aliphatic rings. The number of nitrogens with zero attached hydrogens (tertiary/aromatic N) is 3. The molecule has 104 valence electrons. The number of aryl methyl sites for hydroxylation is 1. The van der Waals surface area contributed by atoms with E-state index in [1.807, 2.05) is 23.9 Å². The van der Waals surface area contributed by atoms with E-state index in [0.29, 0.717) is 18.4 Å². The molecule has 0 aliphatic carbocycles. The number of aromatic nitrogens is 3. The van der Waals surface area contributed by atoms with Crippen LogP contribution >= 0.6 is 22.7 Å². The Balaban J connectivity index is 1.76. The molecule has 0 aromatic carbocycles. The number of hydrogen-bond donors (Lipinski definition) is 1. The highest BCUT2D eigenvalue weighted by molar-refractivity contribution is 7.16. The molecule has 0 fully saturated rings. The molecule has 0 spiro atoms. The van der Waals surface area contributed by atoms with E-state index in [4.69, 9.17) is 4.74 Å². The third-order valence-electron chi connectivity index (χ3n) is 2.93. The Labute approximate surface area is 124 Å². The summed E-state index contributed by atoms with van der Waals surface area (Å²) in [4.78, 5) is 15.2. The van der Waals surface area contributed by atoms with Crippen molar-refractivity contribution in [3.8, 4) is 5.88 Å². The van der Waals surface area contributed by atoms with Crippen LogP contribution in [0.1, 0.15) is 10.6 Å². The smallest absolute Gasteiger partial charge is 0.227 e. The van der Waals surface area contributed by atoms with Crippen LogP contribution in [0.4, 0.5) is 5.95 Å². The minimum Gasteiger partial charge on any atom is -0.477 e. The molecule has 0 saturated carbocycles. The van der Waals surface area contributed by atoms with E-state index < -0.39 is 0 Å². The molecule has 5 nitrogen and oxygen atoms in total. The summed E-state index contributed by atoms with van der Waals surface area (Å²) in [5.41, 5.74) is 2.95. The van der Waals surface area contributed by atoms with E-state index in [1.54, 1.807) is 29.7 Å². The first-order valence-corrected chi connectivity index (χ1v) is 7.98. The van der Waals surface area contributed by atoms with Crippen LogP contribution in [0.3, 0.4) is 0 Å². The third-order valence-corrected chi connectivity index (χ3v) is 4.73. The highest BCUT2D eigenvalue weighted by Gasteiger charge is 2.10. The fourth-order valence-electron chi connectivity index (χ4n) is 1.86. The van der Waals surface area contributed by atoms with Crippen molar-refractivity contribution in [2.24, 2.45) is 0 Å². The maximum atomic E-state index is 5.84. The second-order valence-corrected chi connectivity index (χ2v) is 6.04. The number of thiophene rings is 1. The van der Waals surface area contributed by atoms with Crippen LogP contribution in [0, 0.1) is 6.92 Å². The van der Waals surface area contributed by atoms with Gasteiger partial charge in [0.1, 0.15) is 4.83 Å². The molecule has 0 unspecified atom stereocenters. The number of rotatable bonds is 5. The van der Waals surface area contributed by atoms with Gasteiger partial charge < -0.3 is 10.1 Å². The van der Waals surface area contributed by atoms with Crippen molar-refractivity contribution in [3.63, 3.8) is 0 Å². The molecule has 0 amide bonds. The molecule has 0 aliphatic heterocycles. The lowest BCUT2D eigenvalue weighted by atomic mass is 10.3. The SMILES string of the molecule is CNc1nc(OCCc2scnc2C)c2ccsc2n1. The van der Waals surface area contributed by atoms with E-state index in [9.17, 15) is 0 Å². The summed E-state index contributed by atoms with van der Waals surface area (Å²) < 4.78 is 5.84. The Morgan fingerprint density at radius 2 is 2.20 bits per heavy atom. The van der Waals surface area contributed by atoms with Gasteiger partial charge in [-0.15, -0.1) is 22.7 Å². The summed E-state index contributed by atoms with van der Waals surface area (Å²) in [6.07, 6.45) is 0.848. The quantitative estimate of drug-likeness (QED) is 0.785. The van der Waals surface area contributed by atoms with Gasteiger partial charge in [0.05, 0.1) is 23.2 Å². The molecule has 0 saturated heterocycles. The van der Waals surface area contributed by atoms with Crippen LogP contribution in [-0.2, 0) is 6.42 Å². The Kier molecular flexibility index (Phi) is 3.79. The average molecular weight is 306 g/mol. The summed E-state index contributed by atoms with van der Waals surface area (Å²) in [5.74, 6) is 1.23. The maximum Gasteiger partial charge on any atom is 0.227 e. The third kappa shape index (κ3) is 2.59. The first kappa shape index (κ1) is 13.3. The minimum absolute atomic E-state index is 0.587. The molecule has 1 N–H and O–H groups in total. The number of anilines is 1. The Morgan fingerprint density at radius 3 is 2.95 bits per heavy atom. The Bertz CT molecular complexity index is 722. The topological polar surface area (TPSA) is 59.9 Å². The maximum absolute atomic E-state index is 5.84. The highest BCUT2D eigenvalue weighted by atomic mass is 32.1. The van der Waals surface area contributed by atoms with Crippen molar-refractivity contribution in [1.82, 2.24) is 15.0 Å². The fraction of sp³-hybridized carbons (Fsp3) is 0.308. The molecule has 0 bridgehead atoms. The zero-order valence-corrected chi connectivity index (χ0v) is 12.8. The zero-order chi connectivity index (χ0) is 13.9. The lowest BCUT2D eigenvalue weighted by molar-refractivity contribution is 0.314. The Morgan fingerprint density at radius 1 is 1.30 bits per heavy atom.